The van der Waals surface area contributed by atoms with Crippen LogP contribution < -0.4 is 29.6 Å². The van der Waals surface area contributed by atoms with Gasteiger partial charge in [-0.2, -0.15) is 0 Å². The molecular weight excluding hydrogens is 523 g/mol. The SMILES string of the molecule is CN=C(NCCc1ccc2c(c1)OCO2)NCC(c1ccc(OC)c(OC)c1)N(C)C.I. The zero-order chi connectivity index (χ0) is 22.2. The number of hydrogen-bond donors (Lipinski definition) is 2. The maximum Gasteiger partial charge on any atom is 0.231 e. The van der Waals surface area contributed by atoms with Crippen LogP contribution in [-0.4, -0.2) is 66.1 Å². The molecule has 0 saturated carbocycles. The number of nitrogens with one attached hydrogen (secondary N) is 2. The third kappa shape index (κ3) is 6.55. The minimum Gasteiger partial charge on any atom is -0.493 e. The summed E-state index contributed by atoms with van der Waals surface area (Å²) in [7, 11) is 9.17. The number of likely N-dealkylation sites (N-methyl/N-ethyl adjacent to an activating group) is 1. The van der Waals surface area contributed by atoms with Crippen molar-refractivity contribution in [2.45, 2.75) is 12.5 Å². The van der Waals surface area contributed by atoms with Crippen molar-refractivity contribution in [2.75, 3.05) is 55.2 Å². The van der Waals surface area contributed by atoms with Crippen molar-refractivity contribution in [2.24, 2.45) is 4.99 Å². The van der Waals surface area contributed by atoms with Gasteiger partial charge >= 0.3 is 0 Å². The Morgan fingerprint density at radius 3 is 2.47 bits per heavy atom. The highest BCUT2D eigenvalue weighted by atomic mass is 127. The molecule has 176 valence electrons. The Hall–Kier alpha value is -2.40. The molecule has 1 heterocycles. The second-order valence-corrected chi connectivity index (χ2v) is 7.41. The smallest absolute Gasteiger partial charge is 0.231 e. The number of guanidine groups is 1. The second kappa shape index (κ2) is 12.6. The number of hydrogen-bond acceptors (Lipinski definition) is 6. The van der Waals surface area contributed by atoms with Crippen LogP contribution in [0.5, 0.6) is 23.0 Å². The fraction of sp³-hybridized carbons (Fsp3) is 0.435. The van der Waals surface area contributed by atoms with Gasteiger partial charge in [0.05, 0.1) is 20.3 Å². The number of ether oxygens (including phenoxy) is 4. The van der Waals surface area contributed by atoms with Gasteiger partial charge in [0.2, 0.25) is 6.79 Å². The molecule has 0 amide bonds. The molecule has 1 aliphatic rings. The Morgan fingerprint density at radius 1 is 1.03 bits per heavy atom. The quantitative estimate of drug-likeness (QED) is 0.280. The first kappa shape index (κ1) is 25.9. The molecule has 0 spiro atoms. The minimum atomic E-state index is 0. The predicted octanol–water partition coefficient (Wildman–Crippen LogP) is 3.06. The van der Waals surface area contributed by atoms with Gasteiger partial charge in [-0.1, -0.05) is 12.1 Å². The fourth-order valence-corrected chi connectivity index (χ4v) is 3.49. The van der Waals surface area contributed by atoms with Gasteiger partial charge in [0.1, 0.15) is 0 Å². The minimum absolute atomic E-state index is 0. The van der Waals surface area contributed by atoms with Crippen molar-refractivity contribution in [1.29, 1.82) is 0 Å². The van der Waals surface area contributed by atoms with Gasteiger partial charge < -0.3 is 34.5 Å². The van der Waals surface area contributed by atoms with E-state index in [0.717, 1.165) is 47.5 Å². The molecule has 3 rings (SSSR count). The third-order valence-corrected chi connectivity index (χ3v) is 5.25. The van der Waals surface area contributed by atoms with E-state index in [1.54, 1.807) is 21.3 Å². The largest absolute Gasteiger partial charge is 0.493 e. The lowest BCUT2D eigenvalue weighted by atomic mass is 10.1. The van der Waals surface area contributed by atoms with Crippen LogP contribution >= 0.6 is 24.0 Å². The number of benzene rings is 2. The highest BCUT2D eigenvalue weighted by Crippen LogP contribution is 2.33. The zero-order valence-electron chi connectivity index (χ0n) is 19.3. The Kier molecular flexibility index (Phi) is 10.2. The molecule has 0 saturated heterocycles. The molecule has 2 aromatic carbocycles. The van der Waals surface area contributed by atoms with Gasteiger partial charge in [-0.3, -0.25) is 4.99 Å². The van der Waals surface area contributed by atoms with Crippen LogP contribution in [0.15, 0.2) is 41.4 Å². The van der Waals surface area contributed by atoms with Crippen molar-refractivity contribution in [1.82, 2.24) is 15.5 Å². The standard InChI is InChI=1S/C23H32N4O4.HI/c1-24-23(25-11-10-16-6-8-20-22(12-16)31-15-30-20)26-14-18(27(2)3)17-7-9-19(28-4)21(13-17)29-5;/h6-9,12-13,18H,10-11,14-15H2,1-5H3,(H2,24,25,26);1H. The van der Waals surface area contributed by atoms with Gasteiger partial charge in [-0.05, 0) is 55.9 Å². The van der Waals surface area contributed by atoms with Crippen molar-refractivity contribution in [3.8, 4) is 23.0 Å². The first-order valence-electron chi connectivity index (χ1n) is 10.3. The van der Waals surface area contributed by atoms with Crippen LogP contribution in [0.1, 0.15) is 17.2 Å². The van der Waals surface area contributed by atoms with E-state index in [2.05, 4.69) is 46.8 Å². The summed E-state index contributed by atoms with van der Waals surface area (Å²) >= 11 is 0. The number of rotatable bonds is 9. The van der Waals surface area contributed by atoms with Crippen LogP contribution in [0.4, 0.5) is 0 Å². The zero-order valence-corrected chi connectivity index (χ0v) is 21.6. The van der Waals surface area contributed by atoms with Crippen LogP contribution in [-0.2, 0) is 6.42 Å². The lowest BCUT2D eigenvalue weighted by Crippen LogP contribution is -2.42. The Morgan fingerprint density at radius 2 is 1.78 bits per heavy atom. The third-order valence-electron chi connectivity index (χ3n) is 5.25. The number of nitrogens with zero attached hydrogens (tertiary/aromatic N) is 2. The topological polar surface area (TPSA) is 76.6 Å². The molecule has 1 atom stereocenters. The van der Waals surface area contributed by atoms with E-state index in [9.17, 15) is 0 Å². The lowest BCUT2D eigenvalue weighted by molar-refractivity contribution is 0.174. The van der Waals surface area contributed by atoms with Gasteiger partial charge in [-0.15, -0.1) is 24.0 Å². The lowest BCUT2D eigenvalue weighted by Gasteiger charge is -2.26. The molecule has 8 nitrogen and oxygen atoms in total. The molecule has 0 aliphatic carbocycles. The van der Waals surface area contributed by atoms with Crippen molar-refractivity contribution >= 4 is 29.9 Å². The summed E-state index contributed by atoms with van der Waals surface area (Å²) in [6, 6.07) is 12.2. The maximum atomic E-state index is 5.46. The van der Waals surface area contributed by atoms with Crippen LogP contribution in [0, 0.1) is 0 Å². The van der Waals surface area contributed by atoms with Crippen molar-refractivity contribution < 1.29 is 18.9 Å². The summed E-state index contributed by atoms with van der Waals surface area (Å²) in [6.45, 7) is 1.73. The summed E-state index contributed by atoms with van der Waals surface area (Å²) < 4.78 is 21.6. The number of fused-ring (bicyclic) bond motifs is 1. The van der Waals surface area contributed by atoms with Crippen LogP contribution in [0.25, 0.3) is 0 Å². The number of aliphatic imine (C=N–C) groups is 1. The highest BCUT2D eigenvalue weighted by Gasteiger charge is 2.17. The normalized spacial score (nSPS) is 13.4. The first-order valence-corrected chi connectivity index (χ1v) is 10.3. The fourth-order valence-electron chi connectivity index (χ4n) is 3.49. The number of methoxy groups -OCH3 is 2. The molecule has 1 unspecified atom stereocenters. The van der Waals surface area contributed by atoms with E-state index in [4.69, 9.17) is 18.9 Å². The first-order chi connectivity index (χ1) is 15.0. The average Bonchev–Trinajstić information content (AvgIpc) is 3.25. The van der Waals surface area contributed by atoms with Crippen molar-refractivity contribution in [3.63, 3.8) is 0 Å². The van der Waals surface area contributed by atoms with Gasteiger partial charge in [0.25, 0.3) is 0 Å². The second-order valence-electron chi connectivity index (χ2n) is 7.41. The summed E-state index contributed by atoms with van der Waals surface area (Å²) in [4.78, 5) is 6.51. The predicted molar refractivity (Wildman–Crippen MR) is 137 cm³/mol. The van der Waals surface area contributed by atoms with E-state index < -0.39 is 0 Å². The molecule has 32 heavy (non-hydrogen) atoms. The van der Waals surface area contributed by atoms with E-state index in [0.29, 0.717) is 13.3 Å². The van der Waals surface area contributed by atoms with Crippen molar-refractivity contribution in [3.05, 3.63) is 47.5 Å². The molecule has 9 heteroatoms. The van der Waals surface area contributed by atoms with E-state index in [1.807, 2.05) is 24.3 Å². The van der Waals surface area contributed by atoms with Crippen LogP contribution in [0.3, 0.4) is 0 Å². The highest BCUT2D eigenvalue weighted by molar-refractivity contribution is 14.0. The monoisotopic (exact) mass is 556 g/mol. The summed E-state index contributed by atoms with van der Waals surface area (Å²) in [5.41, 5.74) is 2.31. The molecule has 0 bridgehead atoms. The summed E-state index contributed by atoms with van der Waals surface area (Å²) in [6.07, 6.45) is 0.851. The van der Waals surface area contributed by atoms with Gasteiger partial charge in [-0.25, -0.2) is 0 Å². The summed E-state index contributed by atoms with van der Waals surface area (Å²) in [5, 5.41) is 6.80. The Bertz CT molecular complexity index is 908. The number of halogens is 1. The molecule has 2 N–H and O–H groups in total. The maximum absolute atomic E-state index is 5.46. The van der Waals surface area contributed by atoms with Gasteiger partial charge in [0, 0.05) is 20.1 Å². The van der Waals surface area contributed by atoms with E-state index in [1.165, 1.54) is 5.56 Å². The summed E-state index contributed by atoms with van der Waals surface area (Å²) in [5.74, 6) is 3.81. The van der Waals surface area contributed by atoms with Crippen LogP contribution in [0.2, 0.25) is 0 Å². The Balaban J connectivity index is 0.00000363. The average molecular weight is 556 g/mol. The molecular formula is C23H33IN4O4. The molecule has 0 aromatic heterocycles. The Labute approximate surface area is 207 Å². The molecule has 1 aliphatic heterocycles. The molecule has 2 aromatic rings. The van der Waals surface area contributed by atoms with E-state index in [-0.39, 0.29) is 30.0 Å². The van der Waals surface area contributed by atoms with Gasteiger partial charge in [0.15, 0.2) is 29.0 Å². The molecule has 0 radical (unpaired) electrons. The molecule has 0 fully saturated rings. The van der Waals surface area contributed by atoms with E-state index >= 15 is 0 Å².